The fraction of sp³-hybridized carbons (Fsp3) is 0.500. The van der Waals surface area contributed by atoms with E-state index < -0.39 is 83.7 Å². The molecule has 0 radical (unpaired) electrons. The number of rotatable bonds is 12. The number of amides is 1. The van der Waals surface area contributed by atoms with E-state index in [2.05, 4.69) is 10.0 Å². The van der Waals surface area contributed by atoms with Crippen molar-refractivity contribution in [3.05, 3.63) is 36.4 Å². The number of methoxy groups -OCH3 is 1. The van der Waals surface area contributed by atoms with Crippen LogP contribution in [-0.4, -0.2) is 117 Å². The molecular weight excluding hydrogens is 578 g/mol. The van der Waals surface area contributed by atoms with Gasteiger partial charge < -0.3 is 44.9 Å². The van der Waals surface area contributed by atoms with Crippen LogP contribution in [0.2, 0.25) is 0 Å². The lowest BCUT2D eigenvalue weighted by Gasteiger charge is -2.47. The number of aliphatic hydroxyl groups is 3. The highest BCUT2D eigenvalue weighted by atomic mass is 32.2. The molecule has 42 heavy (non-hydrogen) atoms. The largest absolute Gasteiger partial charge is 0.477 e. The first-order chi connectivity index (χ1) is 19.7. The molecule has 0 bridgehead atoms. The lowest BCUT2D eigenvalue weighted by molar-refractivity contribution is -0.304. The van der Waals surface area contributed by atoms with Crippen molar-refractivity contribution in [1.29, 1.82) is 0 Å². The number of carbonyl (C=O) groups excluding carboxylic acids is 2. The van der Waals surface area contributed by atoms with Crippen molar-refractivity contribution in [1.82, 2.24) is 10.0 Å². The van der Waals surface area contributed by atoms with Crippen molar-refractivity contribution in [3.8, 4) is 0 Å². The van der Waals surface area contributed by atoms with Crippen LogP contribution in [0, 0.1) is 0 Å². The number of fused-ring (bicyclic) bond motifs is 1. The molecule has 0 aromatic heterocycles. The van der Waals surface area contributed by atoms with Gasteiger partial charge in [0.15, 0.2) is 0 Å². The molecule has 16 heteroatoms. The summed E-state index contributed by atoms with van der Waals surface area (Å²) in [4.78, 5) is 38.7. The highest BCUT2D eigenvalue weighted by molar-refractivity contribution is 7.89. The maximum absolute atomic E-state index is 13.2. The van der Waals surface area contributed by atoms with E-state index in [9.17, 15) is 43.2 Å². The highest BCUT2D eigenvalue weighted by Gasteiger charge is 2.56. The molecule has 1 aliphatic heterocycles. The van der Waals surface area contributed by atoms with E-state index in [1.807, 2.05) is 25.1 Å². The molecule has 1 heterocycles. The van der Waals surface area contributed by atoms with Crippen LogP contribution in [0.15, 0.2) is 41.3 Å². The summed E-state index contributed by atoms with van der Waals surface area (Å²) in [6, 6.07) is 8.41. The zero-order valence-electron chi connectivity index (χ0n) is 23.4. The number of carboxylic acid groups (broad SMARTS) is 1. The van der Waals surface area contributed by atoms with Crippen molar-refractivity contribution < 1.29 is 57.4 Å². The van der Waals surface area contributed by atoms with Gasteiger partial charge in [0.05, 0.1) is 24.0 Å². The molecular formula is C26H35N3O12S. The monoisotopic (exact) mass is 613 g/mol. The first kappa shape index (κ1) is 33.1. The standard InChI is InChI=1S/C26H35N3O12S/c1-14(31)28-22-19(11-26(39-4,25(35)36)41-24(22)23(34)18(32)13-30)40-21(33)12-27-42(37,38)20-10-6-7-15-16(20)8-5-9-17(15)29(2)3/h5-10,18-19,22-24,27,30,32,34H,11-13H2,1-4H3,(H,28,31)(H,35,36)/t18-,19+,22-,23-,24-,26-/m1/s1. The number of esters is 1. The van der Waals surface area contributed by atoms with Crippen LogP contribution in [0.3, 0.4) is 0 Å². The minimum atomic E-state index is -4.26. The molecule has 15 nitrogen and oxygen atoms in total. The Morgan fingerprint density at radius 2 is 1.79 bits per heavy atom. The molecule has 6 atom stereocenters. The molecule has 2 aromatic carbocycles. The molecule has 0 aliphatic carbocycles. The third-order valence-corrected chi connectivity index (χ3v) is 8.27. The SMILES string of the molecule is CO[C@]1(C(=O)O)C[C@H](OC(=O)CNS(=O)(=O)c2cccc3c(N(C)C)cccc23)[C@@H](NC(C)=O)[C@H]([C@H](O)[C@H](O)CO)O1. The number of nitrogens with one attached hydrogen (secondary N) is 2. The molecule has 0 saturated carbocycles. The average Bonchev–Trinajstić information content (AvgIpc) is 2.94. The number of aliphatic hydroxyl groups excluding tert-OH is 3. The number of hydrogen-bond acceptors (Lipinski definition) is 12. The van der Waals surface area contributed by atoms with Gasteiger partial charge in [0.2, 0.25) is 15.9 Å². The van der Waals surface area contributed by atoms with Crippen molar-refractivity contribution in [3.63, 3.8) is 0 Å². The van der Waals surface area contributed by atoms with Gasteiger partial charge in [-0.05, 0) is 12.1 Å². The molecule has 6 N–H and O–H groups in total. The lowest BCUT2D eigenvalue weighted by atomic mass is 9.88. The van der Waals surface area contributed by atoms with Crippen LogP contribution in [0.25, 0.3) is 10.8 Å². The molecule has 1 saturated heterocycles. The molecule has 3 rings (SSSR count). The lowest BCUT2D eigenvalue weighted by Crippen LogP contribution is -2.68. The van der Waals surface area contributed by atoms with Gasteiger partial charge in [0, 0.05) is 44.6 Å². The van der Waals surface area contributed by atoms with Crippen LogP contribution in [-0.2, 0) is 38.6 Å². The van der Waals surface area contributed by atoms with Gasteiger partial charge in [-0.1, -0.05) is 24.3 Å². The van der Waals surface area contributed by atoms with Crippen LogP contribution in [0.4, 0.5) is 5.69 Å². The number of carboxylic acids is 1. The molecule has 1 fully saturated rings. The fourth-order valence-electron chi connectivity index (χ4n) is 4.77. The first-order valence-corrected chi connectivity index (χ1v) is 14.2. The Kier molecular flexibility index (Phi) is 10.5. The van der Waals surface area contributed by atoms with E-state index in [0.29, 0.717) is 10.8 Å². The average molecular weight is 614 g/mol. The number of sulfonamides is 1. The Morgan fingerprint density at radius 1 is 1.14 bits per heavy atom. The Hall–Kier alpha value is -3.38. The summed E-state index contributed by atoms with van der Waals surface area (Å²) in [5.74, 6) is -6.00. The number of ether oxygens (including phenoxy) is 3. The van der Waals surface area contributed by atoms with Crippen molar-refractivity contribution >= 4 is 44.3 Å². The topological polar surface area (TPSA) is 221 Å². The zero-order valence-corrected chi connectivity index (χ0v) is 24.2. The number of carbonyl (C=O) groups is 3. The summed E-state index contributed by atoms with van der Waals surface area (Å²) in [5, 5.41) is 43.2. The molecule has 0 unspecified atom stereocenters. The number of aliphatic carboxylic acids is 1. The maximum Gasteiger partial charge on any atom is 0.364 e. The summed E-state index contributed by atoms with van der Waals surface area (Å²) < 4.78 is 44.6. The van der Waals surface area contributed by atoms with Crippen LogP contribution < -0.4 is 14.9 Å². The summed E-state index contributed by atoms with van der Waals surface area (Å²) >= 11 is 0. The van der Waals surface area contributed by atoms with Gasteiger partial charge in [-0.2, -0.15) is 4.72 Å². The Morgan fingerprint density at radius 3 is 2.36 bits per heavy atom. The van der Waals surface area contributed by atoms with E-state index >= 15 is 0 Å². The highest BCUT2D eigenvalue weighted by Crippen LogP contribution is 2.35. The summed E-state index contributed by atoms with van der Waals surface area (Å²) in [6.07, 6.45) is -7.75. The van der Waals surface area contributed by atoms with Crippen molar-refractivity contribution in [2.75, 3.05) is 39.3 Å². The van der Waals surface area contributed by atoms with E-state index in [-0.39, 0.29) is 4.90 Å². The number of nitrogens with zero attached hydrogens (tertiary/aromatic N) is 1. The van der Waals surface area contributed by atoms with Crippen molar-refractivity contribution in [2.45, 2.75) is 54.5 Å². The third-order valence-electron chi connectivity index (χ3n) is 6.81. The summed E-state index contributed by atoms with van der Waals surface area (Å²) in [5.41, 5.74) is 0.774. The first-order valence-electron chi connectivity index (χ1n) is 12.8. The van der Waals surface area contributed by atoms with Gasteiger partial charge in [0.25, 0.3) is 5.79 Å². The quantitative estimate of drug-likeness (QED) is 0.151. The predicted molar refractivity (Wildman–Crippen MR) is 147 cm³/mol. The van der Waals surface area contributed by atoms with Crippen molar-refractivity contribution in [2.24, 2.45) is 0 Å². The maximum atomic E-state index is 13.2. The Bertz CT molecular complexity index is 1420. The minimum Gasteiger partial charge on any atom is -0.477 e. The van der Waals surface area contributed by atoms with Gasteiger partial charge in [-0.25, -0.2) is 13.2 Å². The fourth-order valence-corrected chi connectivity index (χ4v) is 5.95. The van der Waals surface area contributed by atoms with Crippen LogP contribution in [0.5, 0.6) is 0 Å². The van der Waals surface area contributed by atoms with Gasteiger partial charge in [-0.3, -0.25) is 9.59 Å². The second-order valence-corrected chi connectivity index (χ2v) is 11.6. The summed E-state index contributed by atoms with van der Waals surface area (Å²) in [6.45, 7) is -0.729. The number of anilines is 1. The zero-order chi connectivity index (χ0) is 31.4. The smallest absolute Gasteiger partial charge is 0.364 e. The third kappa shape index (κ3) is 6.97. The van der Waals surface area contributed by atoms with Crippen LogP contribution >= 0.6 is 0 Å². The van der Waals surface area contributed by atoms with Crippen LogP contribution in [0.1, 0.15) is 13.3 Å². The van der Waals surface area contributed by atoms with Gasteiger partial charge >= 0.3 is 11.9 Å². The minimum absolute atomic E-state index is 0.0934. The second-order valence-electron chi connectivity index (χ2n) is 9.89. The number of hydrogen-bond donors (Lipinski definition) is 6. The molecule has 0 spiro atoms. The van der Waals surface area contributed by atoms with E-state index in [1.54, 1.807) is 24.3 Å². The second kappa shape index (κ2) is 13.3. The van der Waals surface area contributed by atoms with E-state index in [1.165, 1.54) is 6.07 Å². The van der Waals surface area contributed by atoms with Gasteiger partial charge in [0.1, 0.15) is 31.0 Å². The molecule has 2 aromatic rings. The predicted octanol–water partition coefficient (Wildman–Crippen LogP) is -1.47. The normalized spacial score (nSPS) is 24.0. The Labute approximate surface area is 242 Å². The van der Waals surface area contributed by atoms with Gasteiger partial charge in [-0.15, -0.1) is 0 Å². The molecule has 1 aliphatic rings. The molecule has 1 amide bonds. The van der Waals surface area contributed by atoms with E-state index in [0.717, 1.165) is 19.7 Å². The van der Waals surface area contributed by atoms with E-state index in [4.69, 9.17) is 14.2 Å². The summed E-state index contributed by atoms with van der Waals surface area (Å²) in [7, 11) is 0.345. The number of benzene rings is 2. The Balaban J connectivity index is 1.89. The molecule has 232 valence electrons.